The Morgan fingerprint density at radius 2 is 2.06 bits per heavy atom. The van der Waals surface area contributed by atoms with Gasteiger partial charge in [-0.1, -0.05) is 32.8 Å². The summed E-state index contributed by atoms with van der Waals surface area (Å²) >= 11 is 3.26. The predicted molar refractivity (Wildman–Crippen MR) is 127 cm³/mol. The van der Waals surface area contributed by atoms with Crippen LogP contribution in [-0.2, 0) is 17.9 Å². The molecule has 1 aliphatic carbocycles. The van der Waals surface area contributed by atoms with Gasteiger partial charge in [0, 0.05) is 10.9 Å². The van der Waals surface area contributed by atoms with Crippen LogP contribution in [0.25, 0.3) is 10.2 Å². The van der Waals surface area contributed by atoms with Crippen LogP contribution in [-0.4, -0.2) is 32.9 Å². The number of rotatable bonds is 4. The molecule has 164 valence electrons. The minimum atomic E-state index is -0.942. The van der Waals surface area contributed by atoms with Crippen LogP contribution < -0.4 is 5.32 Å². The number of amides is 2. The second-order valence-corrected chi connectivity index (χ2v) is 11.4. The van der Waals surface area contributed by atoms with E-state index in [1.807, 2.05) is 40.5 Å². The molecule has 4 heterocycles. The molecular formula is C24H29N3O2S2. The van der Waals surface area contributed by atoms with E-state index in [2.05, 4.69) is 25.2 Å². The molecule has 2 amide bonds. The van der Waals surface area contributed by atoms with E-state index in [0.717, 1.165) is 27.9 Å². The monoisotopic (exact) mass is 455 g/mol. The summed E-state index contributed by atoms with van der Waals surface area (Å²) in [5.74, 6) is 0.942. The number of nitrogens with zero attached hydrogens (tertiary/aromatic N) is 2. The number of carbonyl (C=O) groups is 2. The van der Waals surface area contributed by atoms with Gasteiger partial charge in [-0.15, -0.1) is 22.7 Å². The highest BCUT2D eigenvalue weighted by Gasteiger charge is 2.48. The molecule has 0 unspecified atom stereocenters. The molecule has 3 aromatic heterocycles. The highest BCUT2D eigenvalue weighted by Crippen LogP contribution is 2.36. The summed E-state index contributed by atoms with van der Waals surface area (Å²) in [6.07, 6.45) is 3.37. The Morgan fingerprint density at radius 1 is 1.23 bits per heavy atom. The fourth-order valence-corrected chi connectivity index (χ4v) is 6.70. The molecule has 0 saturated heterocycles. The molecule has 1 fully saturated rings. The van der Waals surface area contributed by atoms with Crippen molar-refractivity contribution in [1.29, 1.82) is 0 Å². The van der Waals surface area contributed by atoms with Crippen LogP contribution in [0.2, 0.25) is 0 Å². The van der Waals surface area contributed by atoms with Gasteiger partial charge in [-0.05, 0) is 54.1 Å². The lowest BCUT2D eigenvalue weighted by atomic mass is 9.77. The van der Waals surface area contributed by atoms with Crippen LogP contribution in [0.3, 0.4) is 0 Å². The molecule has 5 rings (SSSR count). The summed E-state index contributed by atoms with van der Waals surface area (Å²) < 4.78 is 3.14. The van der Waals surface area contributed by atoms with Crippen LogP contribution in [0.5, 0.6) is 0 Å². The zero-order chi connectivity index (χ0) is 21.8. The standard InChI is InChI=1S/C24H29N3O2S2/c1-15-6-4-8-18(16(15)2)25-23(29)24(3)14-26-19-9-11-31-21(19)12-20(26)22(28)27(24)13-17-7-5-10-30-17/h5,7,9-12,15-16,18H,4,6,8,13-14H2,1-3H3,(H,25,29)/t15-,16-,18+,24-/m1/s1. The zero-order valence-corrected chi connectivity index (χ0v) is 19.9. The lowest BCUT2D eigenvalue weighted by Crippen LogP contribution is -2.65. The first-order valence-electron chi connectivity index (χ1n) is 11.1. The molecule has 1 saturated carbocycles. The molecule has 1 N–H and O–H groups in total. The van der Waals surface area contributed by atoms with E-state index in [-0.39, 0.29) is 17.9 Å². The molecule has 0 spiro atoms. The quantitative estimate of drug-likeness (QED) is 0.594. The van der Waals surface area contributed by atoms with Crippen molar-refractivity contribution < 1.29 is 9.59 Å². The third-order valence-corrected chi connectivity index (χ3v) is 9.17. The number of thiophene rings is 2. The Hall–Kier alpha value is -2.12. The van der Waals surface area contributed by atoms with Crippen LogP contribution >= 0.6 is 22.7 Å². The van der Waals surface area contributed by atoms with Crippen molar-refractivity contribution in [3.05, 3.63) is 45.6 Å². The highest BCUT2D eigenvalue weighted by atomic mass is 32.1. The van der Waals surface area contributed by atoms with Gasteiger partial charge in [-0.2, -0.15) is 0 Å². The van der Waals surface area contributed by atoms with Gasteiger partial charge in [-0.25, -0.2) is 0 Å². The normalized spacial score (nSPS) is 28.7. The summed E-state index contributed by atoms with van der Waals surface area (Å²) in [6, 6.07) is 8.23. The second kappa shape index (κ2) is 7.78. The maximum absolute atomic E-state index is 13.8. The summed E-state index contributed by atoms with van der Waals surface area (Å²) in [6.45, 7) is 7.38. The maximum Gasteiger partial charge on any atom is 0.271 e. The molecule has 0 bridgehead atoms. The zero-order valence-electron chi connectivity index (χ0n) is 18.3. The van der Waals surface area contributed by atoms with E-state index in [0.29, 0.717) is 30.6 Å². The summed E-state index contributed by atoms with van der Waals surface area (Å²) in [5, 5.41) is 7.43. The van der Waals surface area contributed by atoms with Gasteiger partial charge in [0.2, 0.25) is 5.91 Å². The molecule has 7 heteroatoms. The van der Waals surface area contributed by atoms with Crippen molar-refractivity contribution in [2.45, 2.75) is 64.7 Å². The molecule has 5 nitrogen and oxygen atoms in total. The number of aromatic nitrogens is 1. The van der Waals surface area contributed by atoms with Crippen molar-refractivity contribution in [1.82, 2.24) is 14.8 Å². The SMILES string of the molecule is C[C@@H]1[C@H](C)CCC[C@@H]1NC(=O)[C@@]1(C)Cn2c(cc3sccc32)C(=O)N1Cc1cccs1. The largest absolute Gasteiger partial charge is 0.351 e. The van der Waals surface area contributed by atoms with Crippen LogP contribution in [0.15, 0.2) is 35.0 Å². The highest BCUT2D eigenvalue weighted by molar-refractivity contribution is 7.17. The van der Waals surface area contributed by atoms with Gasteiger partial charge in [0.15, 0.2) is 0 Å². The smallest absolute Gasteiger partial charge is 0.271 e. The van der Waals surface area contributed by atoms with E-state index in [9.17, 15) is 9.59 Å². The number of nitrogens with one attached hydrogen (secondary N) is 1. The van der Waals surface area contributed by atoms with Crippen molar-refractivity contribution in [2.75, 3.05) is 0 Å². The fourth-order valence-electron chi connectivity index (χ4n) is 5.19. The molecule has 31 heavy (non-hydrogen) atoms. The molecule has 0 aromatic carbocycles. The van der Waals surface area contributed by atoms with E-state index in [1.165, 1.54) is 6.42 Å². The number of fused-ring (bicyclic) bond motifs is 3. The second-order valence-electron chi connectivity index (χ2n) is 9.38. The molecule has 3 aromatic rings. The van der Waals surface area contributed by atoms with E-state index in [4.69, 9.17) is 0 Å². The lowest BCUT2D eigenvalue weighted by molar-refractivity contribution is -0.134. The van der Waals surface area contributed by atoms with Crippen molar-refractivity contribution in [3.8, 4) is 0 Å². The first kappa shape index (κ1) is 20.8. The molecule has 0 radical (unpaired) electrons. The molecule has 1 aliphatic heterocycles. The third kappa shape index (κ3) is 3.42. The predicted octanol–water partition coefficient (Wildman–Crippen LogP) is 5.12. The Labute approximate surface area is 191 Å². The van der Waals surface area contributed by atoms with E-state index < -0.39 is 5.54 Å². The van der Waals surface area contributed by atoms with Gasteiger partial charge in [0.1, 0.15) is 11.2 Å². The van der Waals surface area contributed by atoms with Crippen LogP contribution in [0.4, 0.5) is 0 Å². The Morgan fingerprint density at radius 3 is 2.84 bits per heavy atom. The summed E-state index contributed by atoms with van der Waals surface area (Å²) in [5.41, 5.74) is 0.786. The molecule has 4 atom stereocenters. The summed E-state index contributed by atoms with van der Waals surface area (Å²) in [7, 11) is 0. The Kier molecular flexibility index (Phi) is 5.21. The van der Waals surface area contributed by atoms with Gasteiger partial charge < -0.3 is 14.8 Å². The lowest BCUT2D eigenvalue weighted by Gasteiger charge is -2.45. The van der Waals surface area contributed by atoms with Gasteiger partial charge in [0.05, 0.1) is 23.3 Å². The van der Waals surface area contributed by atoms with E-state index >= 15 is 0 Å². The van der Waals surface area contributed by atoms with E-state index in [1.54, 1.807) is 27.6 Å². The molecule has 2 aliphatic rings. The average Bonchev–Trinajstić information content (AvgIpc) is 3.47. The fraction of sp³-hybridized carbons (Fsp3) is 0.500. The first-order chi connectivity index (χ1) is 14.9. The average molecular weight is 456 g/mol. The van der Waals surface area contributed by atoms with Gasteiger partial charge in [0.25, 0.3) is 5.91 Å². The number of hydrogen-bond acceptors (Lipinski definition) is 4. The molecular weight excluding hydrogens is 426 g/mol. The van der Waals surface area contributed by atoms with Gasteiger partial charge in [-0.3, -0.25) is 9.59 Å². The van der Waals surface area contributed by atoms with Crippen molar-refractivity contribution >= 4 is 44.7 Å². The Balaban J connectivity index is 1.52. The van der Waals surface area contributed by atoms with Crippen molar-refractivity contribution in [2.24, 2.45) is 11.8 Å². The first-order valence-corrected chi connectivity index (χ1v) is 12.9. The maximum atomic E-state index is 13.8. The third-order valence-electron chi connectivity index (χ3n) is 7.46. The van der Waals surface area contributed by atoms with Crippen molar-refractivity contribution in [3.63, 3.8) is 0 Å². The number of carbonyl (C=O) groups excluding carboxylic acids is 2. The minimum absolute atomic E-state index is 0.0360. The topological polar surface area (TPSA) is 54.3 Å². The van der Waals surface area contributed by atoms with Crippen LogP contribution in [0, 0.1) is 11.8 Å². The van der Waals surface area contributed by atoms with Gasteiger partial charge >= 0.3 is 0 Å². The summed E-state index contributed by atoms with van der Waals surface area (Å²) in [4.78, 5) is 30.4. The Bertz CT molecular complexity index is 1120. The minimum Gasteiger partial charge on any atom is -0.351 e. The van der Waals surface area contributed by atoms with Crippen LogP contribution in [0.1, 0.15) is 55.4 Å². The number of hydrogen-bond donors (Lipinski definition) is 1.